The van der Waals surface area contributed by atoms with Crippen molar-refractivity contribution < 1.29 is 4.79 Å². The molecule has 2 heteroatoms. The first kappa shape index (κ1) is 18.7. The van der Waals surface area contributed by atoms with E-state index in [0.29, 0.717) is 6.42 Å². The smallest absolute Gasteiger partial charge is 0.225 e. The van der Waals surface area contributed by atoms with Crippen LogP contribution in [0.25, 0.3) is 0 Å². The Morgan fingerprint density at radius 3 is 1.85 bits per heavy atom. The van der Waals surface area contributed by atoms with Crippen LogP contribution in [-0.2, 0) is 4.79 Å². The number of unbranched alkanes of at least 4 members (excludes halogenated alkanes) is 1. The van der Waals surface area contributed by atoms with E-state index in [0.717, 1.165) is 25.7 Å². The third kappa shape index (κ3) is 10.6. The van der Waals surface area contributed by atoms with Gasteiger partial charge >= 0.3 is 0 Å². The maximum absolute atomic E-state index is 11.5. The zero-order chi connectivity index (χ0) is 15.5. The maximum Gasteiger partial charge on any atom is 0.225 e. The van der Waals surface area contributed by atoms with Crippen molar-refractivity contribution in [2.75, 3.05) is 14.1 Å². The number of rotatable bonds is 8. The molecule has 0 aromatic carbocycles. The molecule has 0 atom stereocenters. The van der Waals surface area contributed by atoms with Crippen molar-refractivity contribution in [3.8, 4) is 0 Å². The summed E-state index contributed by atoms with van der Waals surface area (Å²) in [4.78, 5) is 13.1. The quantitative estimate of drug-likeness (QED) is 0.457. The highest BCUT2D eigenvalue weighted by Gasteiger charge is 2.01. The number of carbonyl (C=O) groups is 1. The summed E-state index contributed by atoms with van der Waals surface area (Å²) in [5.41, 5.74) is 4.14. The molecular formula is C18H31NO. The highest BCUT2D eigenvalue weighted by molar-refractivity contribution is 5.77. The van der Waals surface area contributed by atoms with E-state index in [2.05, 4.69) is 45.9 Å². The van der Waals surface area contributed by atoms with Crippen LogP contribution in [0.4, 0.5) is 0 Å². The van der Waals surface area contributed by atoms with Crippen LogP contribution in [-0.4, -0.2) is 24.9 Å². The molecule has 0 aromatic heterocycles. The number of hydrogen-bond donors (Lipinski definition) is 0. The minimum absolute atomic E-state index is 0.165. The van der Waals surface area contributed by atoms with E-state index in [1.807, 2.05) is 0 Å². The molecule has 0 aliphatic heterocycles. The molecule has 20 heavy (non-hydrogen) atoms. The van der Waals surface area contributed by atoms with Gasteiger partial charge in [0, 0.05) is 20.5 Å². The molecule has 0 radical (unpaired) electrons. The van der Waals surface area contributed by atoms with Gasteiger partial charge in [-0.05, 0) is 53.4 Å². The Morgan fingerprint density at radius 2 is 1.35 bits per heavy atom. The number of amides is 1. The number of nitrogens with zero attached hydrogens (tertiary/aromatic N) is 1. The molecule has 2 nitrogen and oxygen atoms in total. The van der Waals surface area contributed by atoms with Gasteiger partial charge < -0.3 is 4.90 Å². The van der Waals surface area contributed by atoms with E-state index in [1.54, 1.807) is 19.0 Å². The van der Waals surface area contributed by atoms with Crippen LogP contribution in [0.2, 0.25) is 0 Å². The van der Waals surface area contributed by atoms with Gasteiger partial charge in [-0.25, -0.2) is 0 Å². The Bertz CT molecular complexity index is 382. The lowest BCUT2D eigenvalue weighted by Crippen LogP contribution is -2.20. The summed E-state index contributed by atoms with van der Waals surface area (Å²) in [5.74, 6) is 0.165. The second-order valence-electron chi connectivity index (χ2n) is 5.95. The van der Waals surface area contributed by atoms with E-state index >= 15 is 0 Å². The monoisotopic (exact) mass is 277 g/mol. The van der Waals surface area contributed by atoms with Gasteiger partial charge in [-0.3, -0.25) is 4.79 Å². The lowest BCUT2D eigenvalue weighted by atomic mass is 10.0. The van der Waals surface area contributed by atoms with Crippen molar-refractivity contribution in [2.45, 2.75) is 59.8 Å². The van der Waals surface area contributed by atoms with Gasteiger partial charge in [0.1, 0.15) is 0 Å². The number of allylic oxidation sites excluding steroid dienone is 5. The van der Waals surface area contributed by atoms with Gasteiger partial charge in [0.2, 0.25) is 5.91 Å². The van der Waals surface area contributed by atoms with Crippen molar-refractivity contribution >= 4 is 5.91 Å². The molecule has 0 spiro atoms. The molecule has 0 aliphatic rings. The predicted octanol–water partition coefficient (Wildman–Crippen LogP) is 4.88. The molecule has 1 amide bonds. The molecule has 0 N–H and O–H groups in total. The average Bonchev–Trinajstić information content (AvgIpc) is 2.38. The molecule has 0 unspecified atom stereocenters. The maximum atomic E-state index is 11.5. The normalized spacial score (nSPS) is 12.3. The average molecular weight is 277 g/mol. The van der Waals surface area contributed by atoms with Crippen molar-refractivity contribution in [1.29, 1.82) is 0 Å². The Morgan fingerprint density at radius 1 is 0.850 bits per heavy atom. The van der Waals surface area contributed by atoms with Gasteiger partial charge in [0.15, 0.2) is 0 Å². The number of hydrogen-bond acceptors (Lipinski definition) is 1. The van der Waals surface area contributed by atoms with E-state index < -0.39 is 0 Å². The third-order valence-corrected chi connectivity index (χ3v) is 3.25. The predicted molar refractivity (Wildman–Crippen MR) is 88.7 cm³/mol. The second kappa shape index (κ2) is 10.5. The highest BCUT2D eigenvalue weighted by Crippen LogP contribution is 2.13. The van der Waals surface area contributed by atoms with Crippen LogP contribution < -0.4 is 0 Å². The summed E-state index contributed by atoms with van der Waals surface area (Å²) in [7, 11) is 3.59. The number of carbonyl (C=O) groups excluding carboxylic acids is 1. The van der Waals surface area contributed by atoms with Crippen molar-refractivity contribution in [3.63, 3.8) is 0 Å². The summed E-state index contributed by atoms with van der Waals surface area (Å²) in [5, 5.41) is 0. The van der Waals surface area contributed by atoms with E-state index in [1.165, 1.54) is 16.7 Å². The minimum atomic E-state index is 0.165. The molecule has 0 saturated heterocycles. The Hall–Kier alpha value is -1.31. The van der Waals surface area contributed by atoms with Crippen molar-refractivity contribution in [3.05, 3.63) is 34.9 Å². The lowest BCUT2D eigenvalue weighted by molar-refractivity contribution is -0.127. The fourth-order valence-electron chi connectivity index (χ4n) is 1.74. The van der Waals surface area contributed by atoms with Crippen molar-refractivity contribution in [2.24, 2.45) is 0 Å². The zero-order valence-corrected chi connectivity index (χ0v) is 14.1. The van der Waals surface area contributed by atoms with Crippen LogP contribution in [0.5, 0.6) is 0 Å². The zero-order valence-electron chi connectivity index (χ0n) is 14.1. The van der Waals surface area contributed by atoms with Gasteiger partial charge in [-0.15, -0.1) is 0 Å². The lowest BCUT2D eigenvalue weighted by Gasteiger charge is -2.08. The van der Waals surface area contributed by atoms with Gasteiger partial charge in [0.25, 0.3) is 0 Å². The Labute approximate surface area is 125 Å². The molecule has 0 fully saturated rings. The fourth-order valence-corrected chi connectivity index (χ4v) is 1.74. The van der Waals surface area contributed by atoms with Crippen LogP contribution in [0.1, 0.15) is 59.8 Å². The molecular weight excluding hydrogens is 246 g/mol. The van der Waals surface area contributed by atoms with E-state index in [9.17, 15) is 4.79 Å². The molecule has 0 aliphatic carbocycles. The molecule has 0 bridgehead atoms. The first-order valence-electron chi connectivity index (χ1n) is 7.47. The minimum Gasteiger partial charge on any atom is -0.349 e. The van der Waals surface area contributed by atoms with Crippen LogP contribution in [0.15, 0.2) is 34.9 Å². The van der Waals surface area contributed by atoms with Gasteiger partial charge in [0.05, 0.1) is 0 Å². The SMILES string of the molecule is CC(C)=CCC/C=C(\C)CC/C(C)=C\CC(=O)N(C)C. The van der Waals surface area contributed by atoms with Crippen molar-refractivity contribution in [1.82, 2.24) is 4.90 Å². The van der Waals surface area contributed by atoms with E-state index in [-0.39, 0.29) is 5.91 Å². The Kier molecular flexibility index (Phi) is 9.79. The first-order chi connectivity index (χ1) is 9.32. The van der Waals surface area contributed by atoms with Gasteiger partial charge in [-0.1, -0.05) is 34.9 Å². The first-order valence-corrected chi connectivity index (χ1v) is 7.47. The summed E-state index contributed by atoms with van der Waals surface area (Å²) in [6.45, 7) is 8.58. The Balaban J connectivity index is 4.01. The topological polar surface area (TPSA) is 20.3 Å². The fraction of sp³-hybridized carbons (Fsp3) is 0.611. The molecule has 0 aromatic rings. The summed E-state index contributed by atoms with van der Waals surface area (Å²) in [6.07, 6.45) is 11.6. The molecule has 0 rings (SSSR count). The highest BCUT2D eigenvalue weighted by atomic mass is 16.2. The van der Waals surface area contributed by atoms with Gasteiger partial charge in [-0.2, -0.15) is 0 Å². The standard InChI is InChI=1S/C18H31NO/c1-15(2)9-7-8-10-16(3)11-12-17(4)13-14-18(20)19(5)6/h9-10,13H,7-8,11-12,14H2,1-6H3/b16-10+,17-13-. The van der Waals surface area contributed by atoms with Crippen LogP contribution in [0, 0.1) is 0 Å². The molecule has 0 saturated carbocycles. The third-order valence-electron chi connectivity index (χ3n) is 3.25. The summed E-state index contributed by atoms with van der Waals surface area (Å²) < 4.78 is 0. The largest absolute Gasteiger partial charge is 0.349 e. The van der Waals surface area contributed by atoms with E-state index in [4.69, 9.17) is 0 Å². The summed E-state index contributed by atoms with van der Waals surface area (Å²) >= 11 is 0. The van der Waals surface area contributed by atoms with Crippen LogP contribution >= 0.6 is 0 Å². The second-order valence-corrected chi connectivity index (χ2v) is 5.95. The molecule has 0 heterocycles. The summed E-state index contributed by atoms with van der Waals surface area (Å²) in [6, 6.07) is 0. The van der Waals surface area contributed by atoms with Crippen LogP contribution in [0.3, 0.4) is 0 Å². The molecule has 114 valence electrons.